The number of hydrogen-bond acceptors (Lipinski definition) is 7. The van der Waals surface area contributed by atoms with Crippen LogP contribution in [0.2, 0.25) is 0 Å². The van der Waals surface area contributed by atoms with Gasteiger partial charge in [0.2, 0.25) is 0 Å². The van der Waals surface area contributed by atoms with E-state index in [1.807, 2.05) is 0 Å². The number of carbonyl (C=O) groups excluding carboxylic acids is 4. The first-order chi connectivity index (χ1) is 16.9. The van der Waals surface area contributed by atoms with E-state index in [4.69, 9.17) is 14.2 Å². The third kappa shape index (κ3) is 4.05. The third-order valence-corrected chi connectivity index (χ3v) is 9.97. The van der Waals surface area contributed by atoms with Crippen LogP contribution in [0.25, 0.3) is 0 Å². The van der Waals surface area contributed by atoms with Crippen LogP contribution in [0.3, 0.4) is 0 Å². The Labute approximate surface area is 209 Å². The zero-order valence-corrected chi connectivity index (χ0v) is 20.7. The molecule has 8 fully saturated rings. The molecule has 8 aliphatic carbocycles. The van der Waals surface area contributed by atoms with Crippen LogP contribution in [0.5, 0.6) is 0 Å². The number of rotatable bonds is 7. The molecule has 8 saturated carbocycles. The topological polar surface area (TPSA) is 96.0 Å². The van der Waals surface area contributed by atoms with E-state index in [9.17, 15) is 28.0 Å². The molecule has 0 radical (unpaired) electrons. The summed E-state index contributed by atoms with van der Waals surface area (Å²) in [6.45, 7) is -0.758. The zero-order chi connectivity index (χ0) is 25.5. The van der Waals surface area contributed by atoms with Gasteiger partial charge in [-0.15, -0.1) is 0 Å². The Bertz CT molecular complexity index is 969. The van der Waals surface area contributed by atoms with Gasteiger partial charge < -0.3 is 14.2 Å². The van der Waals surface area contributed by atoms with Crippen molar-refractivity contribution in [3.8, 4) is 0 Å². The maximum atomic E-state index is 13.3. The van der Waals surface area contributed by atoms with Crippen LogP contribution in [-0.2, 0) is 33.4 Å². The average molecular weight is 509 g/mol. The van der Waals surface area contributed by atoms with Crippen LogP contribution in [-0.4, -0.2) is 48.4 Å². The lowest BCUT2D eigenvalue weighted by Crippen LogP contribution is -2.58. The summed E-state index contributed by atoms with van der Waals surface area (Å²) in [4.78, 5) is 51.5. The number of halogens is 2. The fraction of sp³-hybridized carbons (Fsp3) is 0.852. The van der Waals surface area contributed by atoms with Crippen molar-refractivity contribution in [1.29, 1.82) is 0 Å². The van der Waals surface area contributed by atoms with Gasteiger partial charge >= 0.3 is 17.9 Å². The van der Waals surface area contributed by atoms with Gasteiger partial charge in [0.25, 0.3) is 5.92 Å². The number of Topliss-reactive ketones (excluding diaryl/α,β-unsaturated/α-hetero) is 1. The Hall–Kier alpha value is -2.06. The highest BCUT2D eigenvalue weighted by molar-refractivity contribution is 5.87. The van der Waals surface area contributed by atoms with E-state index in [1.54, 1.807) is 0 Å². The molecule has 9 heteroatoms. The maximum absolute atomic E-state index is 13.3. The summed E-state index contributed by atoms with van der Waals surface area (Å²) in [5.74, 6) is -3.94. The second-order valence-electron chi connectivity index (χ2n) is 13.1. The number of ether oxygens (including phenoxy) is 3. The van der Waals surface area contributed by atoms with Gasteiger partial charge in [-0.3, -0.25) is 14.4 Å². The van der Waals surface area contributed by atoms with Crippen molar-refractivity contribution in [3.63, 3.8) is 0 Å². The van der Waals surface area contributed by atoms with Gasteiger partial charge in [0.05, 0.1) is 10.8 Å². The number of ketones is 1. The molecule has 8 rings (SSSR count). The van der Waals surface area contributed by atoms with Gasteiger partial charge in [0, 0.05) is 18.8 Å². The van der Waals surface area contributed by atoms with Crippen LogP contribution < -0.4 is 0 Å². The van der Waals surface area contributed by atoms with Crippen LogP contribution in [0, 0.1) is 40.4 Å². The predicted octanol–water partition coefficient (Wildman–Crippen LogP) is 4.01. The molecule has 0 spiro atoms. The van der Waals surface area contributed by atoms with Gasteiger partial charge in [0.15, 0.2) is 13.2 Å². The molecule has 4 unspecified atom stereocenters. The fourth-order valence-corrected chi connectivity index (χ4v) is 9.43. The molecule has 4 atom stereocenters. The quantitative estimate of drug-likeness (QED) is 0.379. The molecule has 8 aliphatic rings. The summed E-state index contributed by atoms with van der Waals surface area (Å²) >= 11 is 0. The van der Waals surface area contributed by atoms with Crippen LogP contribution >= 0.6 is 0 Å². The van der Waals surface area contributed by atoms with Crippen molar-refractivity contribution < 1.29 is 42.2 Å². The normalized spacial score (nSPS) is 44.0. The first-order valence-corrected chi connectivity index (χ1v) is 13.4. The molecule has 0 amide bonds. The lowest BCUT2D eigenvalue weighted by Gasteiger charge is -2.59. The highest BCUT2D eigenvalue weighted by atomic mass is 19.3. The van der Waals surface area contributed by atoms with Crippen LogP contribution in [0.4, 0.5) is 8.78 Å². The standard InChI is InChI=1S/C27H34F2O7/c1-24(28,29)14-35-23(33)26-7-16-2-17(8-26)6-25(5-16,13-26)22(32)34-12-20(30)36-27-9-15-3-18(10-27)21(31)19(4-15)11-27/h15-19H,2-14H2,1H3. The molecule has 0 N–H and O–H groups in total. The number of carbonyl (C=O) groups is 4. The Kier molecular flexibility index (Phi) is 5.38. The van der Waals surface area contributed by atoms with Crippen molar-refractivity contribution in [2.75, 3.05) is 13.2 Å². The first-order valence-electron chi connectivity index (χ1n) is 13.4. The molecule has 0 aromatic rings. The Morgan fingerprint density at radius 2 is 1.39 bits per heavy atom. The van der Waals surface area contributed by atoms with Crippen molar-refractivity contribution in [1.82, 2.24) is 0 Å². The number of esters is 3. The van der Waals surface area contributed by atoms with E-state index in [1.165, 1.54) is 0 Å². The highest BCUT2D eigenvalue weighted by Crippen LogP contribution is 2.66. The summed E-state index contributed by atoms with van der Waals surface area (Å²) in [7, 11) is 0. The second-order valence-corrected chi connectivity index (χ2v) is 13.1. The molecule has 0 aromatic carbocycles. The SMILES string of the molecule is CC(F)(F)COC(=O)C12CC3CC(CC(C(=O)OCC(=O)OC45CC6CC(C4)C(=O)C(C6)C5)(C3)C1)C2. The minimum Gasteiger partial charge on any atom is -0.459 e. The average Bonchev–Trinajstić information content (AvgIpc) is 2.77. The summed E-state index contributed by atoms with van der Waals surface area (Å²) in [5, 5.41) is 0. The monoisotopic (exact) mass is 508 g/mol. The van der Waals surface area contributed by atoms with E-state index in [2.05, 4.69) is 0 Å². The number of alkyl halides is 2. The summed E-state index contributed by atoms with van der Waals surface area (Å²) in [6, 6.07) is 0. The largest absolute Gasteiger partial charge is 0.459 e. The van der Waals surface area contributed by atoms with Gasteiger partial charge in [-0.1, -0.05) is 0 Å². The van der Waals surface area contributed by atoms with E-state index in [-0.39, 0.29) is 30.1 Å². The van der Waals surface area contributed by atoms with E-state index < -0.39 is 53.5 Å². The molecule has 36 heavy (non-hydrogen) atoms. The molecular formula is C27H34F2O7. The minimum atomic E-state index is -3.11. The second kappa shape index (κ2) is 7.97. The van der Waals surface area contributed by atoms with Gasteiger partial charge in [0.1, 0.15) is 11.4 Å². The Morgan fingerprint density at radius 1 is 0.833 bits per heavy atom. The number of hydrogen-bond donors (Lipinski definition) is 0. The van der Waals surface area contributed by atoms with Crippen molar-refractivity contribution in [3.05, 3.63) is 0 Å². The predicted molar refractivity (Wildman–Crippen MR) is 119 cm³/mol. The molecular weight excluding hydrogens is 474 g/mol. The molecule has 198 valence electrons. The summed E-state index contributed by atoms with van der Waals surface area (Å²) in [6.07, 6.45) is 7.01. The Balaban J connectivity index is 1.09. The lowest BCUT2D eigenvalue weighted by atomic mass is 9.44. The van der Waals surface area contributed by atoms with Crippen molar-refractivity contribution >= 4 is 23.7 Å². The van der Waals surface area contributed by atoms with Gasteiger partial charge in [-0.25, -0.2) is 13.6 Å². The van der Waals surface area contributed by atoms with Gasteiger partial charge in [-0.2, -0.15) is 0 Å². The van der Waals surface area contributed by atoms with Crippen LogP contribution in [0.1, 0.15) is 77.6 Å². The van der Waals surface area contributed by atoms with Crippen molar-refractivity contribution in [2.45, 2.75) is 89.1 Å². The van der Waals surface area contributed by atoms with E-state index >= 15 is 0 Å². The molecule has 7 nitrogen and oxygen atoms in total. The maximum Gasteiger partial charge on any atom is 0.344 e. The Morgan fingerprint density at radius 3 is 1.94 bits per heavy atom. The summed E-state index contributed by atoms with van der Waals surface area (Å²) in [5.41, 5.74) is -2.46. The first kappa shape index (κ1) is 24.3. The third-order valence-electron chi connectivity index (χ3n) is 9.97. The highest BCUT2D eigenvalue weighted by Gasteiger charge is 2.64. The van der Waals surface area contributed by atoms with Crippen molar-refractivity contribution in [2.24, 2.45) is 40.4 Å². The molecule has 0 aromatic heterocycles. The molecule has 0 heterocycles. The lowest BCUT2D eigenvalue weighted by molar-refractivity contribution is -0.204. The molecule has 0 aliphatic heterocycles. The molecule has 8 bridgehead atoms. The molecule has 0 saturated heterocycles. The van der Waals surface area contributed by atoms with Crippen LogP contribution in [0.15, 0.2) is 0 Å². The minimum absolute atomic E-state index is 0.0257. The zero-order valence-electron chi connectivity index (χ0n) is 20.7. The van der Waals surface area contributed by atoms with Gasteiger partial charge in [-0.05, 0) is 88.4 Å². The fourth-order valence-electron chi connectivity index (χ4n) is 9.43. The van der Waals surface area contributed by atoms with E-state index in [0.29, 0.717) is 57.1 Å². The smallest absolute Gasteiger partial charge is 0.344 e. The van der Waals surface area contributed by atoms with E-state index in [0.717, 1.165) is 25.7 Å². The summed E-state index contributed by atoms with van der Waals surface area (Å²) < 4.78 is 43.0.